The van der Waals surface area contributed by atoms with Crippen molar-refractivity contribution in [3.8, 4) is 0 Å². The van der Waals surface area contributed by atoms with E-state index in [0.717, 1.165) is 56.3 Å². The molecule has 6 nitrogen and oxygen atoms in total. The van der Waals surface area contributed by atoms with Crippen molar-refractivity contribution in [2.45, 2.75) is 24.6 Å². The highest BCUT2D eigenvalue weighted by molar-refractivity contribution is 8.00. The molecule has 3 heterocycles. The molecule has 2 aliphatic heterocycles. The van der Waals surface area contributed by atoms with E-state index in [2.05, 4.69) is 61.4 Å². The Morgan fingerprint density at radius 3 is 2.76 bits per heavy atom. The largest absolute Gasteiger partial charge is 0.355 e. The SMILES string of the molecule is CN=C(NCc1ccc(N2CCN(C)CC2)nc1)NCC1CCCS1. The summed E-state index contributed by atoms with van der Waals surface area (Å²) in [6.45, 7) is 6.05. The maximum absolute atomic E-state index is 4.64. The van der Waals surface area contributed by atoms with E-state index in [4.69, 9.17) is 0 Å². The molecule has 0 saturated carbocycles. The van der Waals surface area contributed by atoms with Crippen molar-refractivity contribution in [2.24, 2.45) is 4.99 Å². The first-order valence-electron chi connectivity index (χ1n) is 9.19. The molecule has 1 unspecified atom stereocenters. The maximum atomic E-state index is 4.64. The number of thioether (sulfide) groups is 1. The van der Waals surface area contributed by atoms with E-state index in [1.54, 1.807) is 0 Å². The molecule has 7 heteroatoms. The summed E-state index contributed by atoms with van der Waals surface area (Å²) in [7, 11) is 4.00. The Kier molecular flexibility index (Phi) is 6.81. The summed E-state index contributed by atoms with van der Waals surface area (Å²) in [5, 5.41) is 7.54. The maximum Gasteiger partial charge on any atom is 0.191 e. The zero-order valence-corrected chi connectivity index (χ0v) is 16.2. The topological polar surface area (TPSA) is 55.8 Å². The smallest absolute Gasteiger partial charge is 0.191 e. The Bertz CT molecular complexity index is 547. The Hall–Kier alpha value is -1.47. The lowest BCUT2D eigenvalue weighted by Crippen LogP contribution is -2.44. The van der Waals surface area contributed by atoms with Gasteiger partial charge in [-0.1, -0.05) is 6.07 Å². The van der Waals surface area contributed by atoms with E-state index < -0.39 is 0 Å². The fourth-order valence-electron chi connectivity index (χ4n) is 3.17. The molecule has 2 N–H and O–H groups in total. The third-order valence-corrected chi connectivity index (χ3v) is 6.24. The molecule has 2 aliphatic rings. The number of nitrogens with one attached hydrogen (secondary N) is 2. The van der Waals surface area contributed by atoms with Gasteiger partial charge >= 0.3 is 0 Å². The normalized spacial score (nSPS) is 22.2. The van der Waals surface area contributed by atoms with Gasteiger partial charge in [-0.2, -0.15) is 11.8 Å². The molecule has 1 aromatic rings. The number of aromatic nitrogens is 1. The minimum Gasteiger partial charge on any atom is -0.355 e. The molecule has 0 aromatic carbocycles. The third kappa shape index (κ3) is 5.51. The number of hydrogen-bond acceptors (Lipinski definition) is 5. The van der Waals surface area contributed by atoms with Gasteiger partial charge in [0.25, 0.3) is 0 Å². The molecule has 1 atom stereocenters. The minimum atomic E-state index is 0.725. The van der Waals surface area contributed by atoms with Crippen molar-refractivity contribution < 1.29 is 0 Å². The summed E-state index contributed by atoms with van der Waals surface area (Å²) in [5.74, 6) is 3.25. The van der Waals surface area contributed by atoms with E-state index in [0.29, 0.717) is 0 Å². The molecule has 0 amide bonds. The van der Waals surface area contributed by atoms with Crippen LogP contribution in [-0.2, 0) is 6.54 Å². The Labute approximate surface area is 155 Å². The van der Waals surface area contributed by atoms with Crippen molar-refractivity contribution in [1.82, 2.24) is 20.5 Å². The van der Waals surface area contributed by atoms with Crippen molar-refractivity contribution >= 4 is 23.5 Å². The molecule has 138 valence electrons. The van der Waals surface area contributed by atoms with Gasteiger partial charge in [0.05, 0.1) is 0 Å². The number of aliphatic imine (C=N–C) groups is 1. The Morgan fingerprint density at radius 1 is 1.28 bits per heavy atom. The zero-order chi connectivity index (χ0) is 17.5. The van der Waals surface area contributed by atoms with E-state index in [-0.39, 0.29) is 0 Å². The summed E-state index contributed by atoms with van der Waals surface area (Å²) in [5.41, 5.74) is 1.18. The summed E-state index contributed by atoms with van der Waals surface area (Å²) in [4.78, 5) is 13.7. The summed E-state index contributed by atoms with van der Waals surface area (Å²) >= 11 is 2.06. The van der Waals surface area contributed by atoms with Crippen LogP contribution in [0.25, 0.3) is 0 Å². The van der Waals surface area contributed by atoms with Crippen molar-refractivity contribution in [3.05, 3.63) is 23.9 Å². The summed E-state index contributed by atoms with van der Waals surface area (Å²) in [6.07, 6.45) is 4.63. The molecule has 1 aromatic heterocycles. The van der Waals surface area contributed by atoms with Gasteiger partial charge in [0, 0.05) is 57.8 Å². The van der Waals surface area contributed by atoms with Crippen LogP contribution in [0.3, 0.4) is 0 Å². The van der Waals surface area contributed by atoms with Gasteiger partial charge < -0.3 is 20.4 Å². The lowest BCUT2D eigenvalue weighted by Gasteiger charge is -2.33. The average molecular weight is 363 g/mol. The predicted molar refractivity (Wildman–Crippen MR) is 108 cm³/mol. The summed E-state index contributed by atoms with van der Waals surface area (Å²) in [6, 6.07) is 4.29. The van der Waals surface area contributed by atoms with Crippen LogP contribution in [0.1, 0.15) is 18.4 Å². The fourth-order valence-corrected chi connectivity index (χ4v) is 4.37. The highest BCUT2D eigenvalue weighted by Gasteiger charge is 2.16. The number of piperazine rings is 1. The molecular formula is C18H30N6S. The van der Waals surface area contributed by atoms with Gasteiger partial charge in [-0.25, -0.2) is 4.98 Å². The molecule has 2 fully saturated rings. The first-order chi connectivity index (χ1) is 12.2. The zero-order valence-electron chi connectivity index (χ0n) is 15.4. The number of likely N-dealkylation sites (N-methyl/N-ethyl adjacent to an activating group) is 1. The molecule has 0 aliphatic carbocycles. The molecular weight excluding hydrogens is 332 g/mol. The van der Waals surface area contributed by atoms with Crippen LogP contribution in [-0.4, -0.2) is 73.7 Å². The molecule has 0 spiro atoms. The lowest BCUT2D eigenvalue weighted by atomic mass is 10.2. The van der Waals surface area contributed by atoms with Crippen LogP contribution in [0.2, 0.25) is 0 Å². The number of hydrogen-bond donors (Lipinski definition) is 2. The van der Waals surface area contributed by atoms with Gasteiger partial charge in [0.2, 0.25) is 0 Å². The van der Waals surface area contributed by atoms with Gasteiger partial charge in [-0.3, -0.25) is 4.99 Å². The fraction of sp³-hybridized carbons (Fsp3) is 0.667. The highest BCUT2D eigenvalue weighted by atomic mass is 32.2. The van der Waals surface area contributed by atoms with Crippen LogP contribution in [0.5, 0.6) is 0 Å². The van der Waals surface area contributed by atoms with Gasteiger partial charge in [-0.05, 0) is 37.3 Å². The van der Waals surface area contributed by atoms with Crippen molar-refractivity contribution in [2.75, 3.05) is 57.5 Å². The minimum absolute atomic E-state index is 0.725. The van der Waals surface area contributed by atoms with Crippen LogP contribution in [0.4, 0.5) is 5.82 Å². The molecule has 3 rings (SSSR count). The second-order valence-corrected chi connectivity index (χ2v) is 8.16. The highest BCUT2D eigenvalue weighted by Crippen LogP contribution is 2.25. The van der Waals surface area contributed by atoms with E-state index in [1.165, 1.54) is 24.2 Å². The van der Waals surface area contributed by atoms with Crippen LogP contribution in [0.15, 0.2) is 23.3 Å². The Balaban J connectivity index is 1.44. The molecule has 0 radical (unpaired) electrons. The first-order valence-corrected chi connectivity index (χ1v) is 10.2. The number of guanidine groups is 1. The quantitative estimate of drug-likeness (QED) is 0.610. The summed E-state index contributed by atoms with van der Waals surface area (Å²) < 4.78 is 0. The second-order valence-electron chi connectivity index (χ2n) is 6.76. The van der Waals surface area contributed by atoms with E-state index in [1.807, 2.05) is 13.2 Å². The van der Waals surface area contributed by atoms with Crippen LogP contribution < -0.4 is 15.5 Å². The number of nitrogens with zero attached hydrogens (tertiary/aromatic N) is 4. The number of pyridine rings is 1. The van der Waals surface area contributed by atoms with Crippen LogP contribution in [0, 0.1) is 0 Å². The van der Waals surface area contributed by atoms with Gasteiger partial charge in [0.1, 0.15) is 5.82 Å². The van der Waals surface area contributed by atoms with Gasteiger partial charge in [-0.15, -0.1) is 0 Å². The lowest BCUT2D eigenvalue weighted by molar-refractivity contribution is 0.312. The monoisotopic (exact) mass is 362 g/mol. The first kappa shape index (κ1) is 18.3. The predicted octanol–water partition coefficient (Wildman–Crippen LogP) is 1.39. The van der Waals surface area contributed by atoms with Crippen LogP contribution >= 0.6 is 11.8 Å². The van der Waals surface area contributed by atoms with Crippen molar-refractivity contribution in [1.29, 1.82) is 0 Å². The standard InChI is InChI=1S/C18H30N6S/c1-19-18(22-14-16-4-3-11-25-16)21-13-15-5-6-17(20-12-15)24-9-7-23(2)8-10-24/h5-6,12,16H,3-4,7-11,13-14H2,1-2H3,(H2,19,21,22). The second kappa shape index (κ2) is 9.29. The van der Waals surface area contributed by atoms with Gasteiger partial charge in [0.15, 0.2) is 5.96 Å². The molecule has 25 heavy (non-hydrogen) atoms. The third-order valence-electron chi connectivity index (χ3n) is 4.84. The number of rotatable bonds is 5. The Morgan fingerprint density at radius 2 is 2.12 bits per heavy atom. The average Bonchev–Trinajstić information content (AvgIpc) is 3.17. The molecule has 0 bridgehead atoms. The molecule has 2 saturated heterocycles. The van der Waals surface area contributed by atoms with E-state index in [9.17, 15) is 0 Å². The number of anilines is 1. The van der Waals surface area contributed by atoms with E-state index >= 15 is 0 Å². The van der Waals surface area contributed by atoms with Crippen molar-refractivity contribution in [3.63, 3.8) is 0 Å².